The van der Waals surface area contributed by atoms with Gasteiger partial charge in [0.2, 0.25) is 11.8 Å². The van der Waals surface area contributed by atoms with Gasteiger partial charge in [0.1, 0.15) is 11.8 Å². The van der Waals surface area contributed by atoms with Crippen molar-refractivity contribution < 1.29 is 19.1 Å². The van der Waals surface area contributed by atoms with Crippen molar-refractivity contribution in [3.05, 3.63) is 65.2 Å². The van der Waals surface area contributed by atoms with E-state index in [-0.39, 0.29) is 35.6 Å². The topological polar surface area (TPSA) is 79.0 Å². The van der Waals surface area contributed by atoms with Crippen molar-refractivity contribution in [1.82, 2.24) is 15.1 Å². The molecule has 0 bridgehead atoms. The molecule has 0 radical (unpaired) electrons. The summed E-state index contributed by atoms with van der Waals surface area (Å²) in [5, 5.41) is 3.73. The molecule has 0 aromatic heterocycles. The molecule has 2 fully saturated rings. The largest absolute Gasteiger partial charge is 0.415 e. The van der Waals surface area contributed by atoms with Gasteiger partial charge in [-0.25, -0.2) is 4.79 Å². The van der Waals surface area contributed by atoms with Gasteiger partial charge in [-0.3, -0.25) is 9.59 Å². The molecule has 2 saturated heterocycles. The van der Waals surface area contributed by atoms with Crippen LogP contribution in [-0.2, 0) is 9.59 Å². The minimum absolute atomic E-state index is 0.0469. The van der Waals surface area contributed by atoms with E-state index in [1.54, 1.807) is 29.2 Å². The van der Waals surface area contributed by atoms with Gasteiger partial charge in [-0.2, -0.15) is 0 Å². The molecule has 0 aliphatic carbocycles. The number of hydrogen-bond acceptors (Lipinski definition) is 4. The zero-order valence-electron chi connectivity index (χ0n) is 22.7. The van der Waals surface area contributed by atoms with E-state index in [1.165, 1.54) is 5.56 Å². The van der Waals surface area contributed by atoms with Crippen LogP contribution in [0.4, 0.5) is 4.79 Å². The Morgan fingerprint density at radius 1 is 0.974 bits per heavy atom. The van der Waals surface area contributed by atoms with E-state index in [0.29, 0.717) is 42.7 Å². The maximum atomic E-state index is 13.7. The summed E-state index contributed by atoms with van der Waals surface area (Å²) < 4.78 is 5.42. The van der Waals surface area contributed by atoms with Gasteiger partial charge in [-0.1, -0.05) is 69.6 Å². The Bertz CT molecular complexity index is 1140. The van der Waals surface area contributed by atoms with Crippen molar-refractivity contribution in [3.8, 4) is 5.75 Å². The second-order valence-corrected chi connectivity index (χ2v) is 11.9. The molecule has 2 aromatic carbocycles. The SMILES string of the molecule is CC(C)[C@@H](NC(=O)[C@@H]1CCN(C(=O)Oc2ccccc2)C1)C(=O)N1CC[C@H](c2ccc(Cl)cc2)C(C)(C)C1. The van der Waals surface area contributed by atoms with Gasteiger partial charge in [0.25, 0.3) is 0 Å². The third kappa shape index (κ3) is 6.49. The lowest BCUT2D eigenvalue weighted by Crippen LogP contribution is -2.56. The maximum absolute atomic E-state index is 13.7. The van der Waals surface area contributed by atoms with E-state index in [1.807, 2.05) is 36.9 Å². The highest BCUT2D eigenvalue weighted by molar-refractivity contribution is 6.30. The Morgan fingerprint density at radius 3 is 2.26 bits per heavy atom. The van der Waals surface area contributed by atoms with Gasteiger partial charge < -0.3 is 19.9 Å². The third-order valence-corrected chi connectivity index (χ3v) is 8.06. The highest BCUT2D eigenvalue weighted by Crippen LogP contribution is 2.42. The van der Waals surface area contributed by atoms with Crippen LogP contribution in [0.3, 0.4) is 0 Å². The Morgan fingerprint density at radius 2 is 1.63 bits per heavy atom. The monoisotopic (exact) mass is 539 g/mol. The summed E-state index contributed by atoms with van der Waals surface area (Å²) in [6.45, 7) is 10.2. The molecule has 0 saturated carbocycles. The first-order valence-electron chi connectivity index (χ1n) is 13.4. The van der Waals surface area contributed by atoms with Gasteiger partial charge in [-0.05, 0) is 59.9 Å². The van der Waals surface area contributed by atoms with Crippen molar-refractivity contribution in [1.29, 1.82) is 0 Å². The molecule has 2 aliphatic rings. The Hall–Kier alpha value is -3.06. The summed E-state index contributed by atoms with van der Waals surface area (Å²) >= 11 is 6.08. The lowest BCUT2D eigenvalue weighted by molar-refractivity contribution is -0.141. The number of nitrogens with one attached hydrogen (secondary N) is 1. The van der Waals surface area contributed by atoms with E-state index in [9.17, 15) is 14.4 Å². The number of amides is 3. The zero-order chi connectivity index (χ0) is 27.4. The molecule has 4 rings (SSSR count). The number of ether oxygens (including phenoxy) is 1. The molecule has 38 heavy (non-hydrogen) atoms. The number of carbonyl (C=O) groups is 3. The quantitative estimate of drug-likeness (QED) is 0.537. The van der Waals surface area contributed by atoms with Gasteiger partial charge in [0.15, 0.2) is 0 Å². The lowest BCUT2D eigenvalue weighted by Gasteiger charge is -2.45. The van der Waals surface area contributed by atoms with Gasteiger partial charge in [0.05, 0.1) is 5.92 Å². The number of likely N-dealkylation sites (tertiary alicyclic amines) is 2. The summed E-state index contributed by atoms with van der Waals surface area (Å²) in [5.41, 5.74) is 1.11. The van der Waals surface area contributed by atoms with Crippen molar-refractivity contribution in [3.63, 3.8) is 0 Å². The van der Waals surface area contributed by atoms with Crippen LogP contribution in [0, 0.1) is 17.3 Å². The molecule has 2 aromatic rings. The normalized spacial score (nSPS) is 21.7. The number of nitrogens with zero attached hydrogens (tertiary/aromatic N) is 2. The smallest absolute Gasteiger partial charge is 0.410 e. The molecule has 8 heteroatoms. The van der Waals surface area contributed by atoms with Crippen LogP contribution in [0.5, 0.6) is 5.75 Å². The molecular formula is C30H38ClN3O4. The number of halogens is 1. The van der Waals surface area contributed by atoms with Crippen LogP contribution >= 0.6 is 11.6 Å². The Kier molecular flexibility index (Phi) is 8.66. The fourth-order valence-electron chi connectivity index (χ4n) is 5.63. The number of hydrogen-bond donors (Lipinski definition) is 1. The summed E-state index contributed by atoms with van der Waals surface area (Å²) in [5.74, 6) is 0.106. The average Bonchev–Trinajstić information content (AvgIpc) is 3.38. The summed E-state index contributed by atoms with van der Waals surface area (Å²) in [4.78, 5) is 42.8. The average molecular weight is 540 g/mol. The first-order valence-corrected chi connectivity index (χ1v) is 13.8. The van der Waals surface area contributed by atoms with Crippen molar-refractivity contribution >= 4 is 29.5 Å². The van der Waals surface area contributed by atoms with E-state index in [2.05, 4.69) is 31.3 Å². The van der Waals surface area contributed by atoms with Crippen molar-refractivity contribution in [2.75, 3.05) is 26.2 Å². The summed E-state index contributed by atoms with van der Waals surface area (Å²) in [6.07, 6.45) is 0.919. The van der Waals surface area contributed by atoms with E-state index in [4.69, 9.17) is 16.3 Å². The number of para-hydroxylation sites is 1. The standard InChI is InChI=1S/C30H38ClN3O4/c1-20(2)26(28(36)34-17-15-25(30(3,4)19-34)21-10-12-23(31)13-11-21)32-27(35)22-14-16-33(18-22)29(37)38-24-8-6-5-7-9-24/h5-13,20,22,25-26H,14-19H2,1-4H3,(H,32,35)/t22-,25-,26-/m1/s1. The van der Waals surface area contributed by atoms with Crippen LogP contribution in [0.2, 0.25) is 5.02 Å². The third-order valence-electron chi connectivity index (χ3n) is 7.81. The minimum Gasteiger partial charge on any atom is -0.410 e. The number of rotatable bonds is 6. The molecule has 0 spiro atoms. The Labute approximate surface area is 230 Å². The molecule has 3 amide bonds. The van der Waals surface area contributed by atoms with Gasteiger partial charge in [-0.15, -0.1) is 0 Å². The first kappa shape index (κ1) is 28.0. The van der Waals surface area contributed by atoms with Gasteiger partial charge in [0, 0.05) is 31.2 Å². The van der Waals surface area contributed by atoms with E-state index in [0.717, 1.165) is 6.42 Å². The highest BCUT2D eigenvalue weighted by Gasteiger charge is 2.41. The second kappa shape index (κ2) is 11.8. The molecule has 3 atom stereocenters. The molecular weight excluding hydrogens is 502 g/mol. The predicted molar refractivity (Wildman–Crippen MR) is 148 cm³/mol. The van der Waals surface area contributed by atoms with Crippen molar-refractivity contribution in [2.24, 2.45) is 17.3 Å². The maximum Gasteiger partial charge on any atom is 0.415 e. The van der Waals surface area contributed by atoms with Crippen molar-refractivity contribution in [2.45, 2.75) is 52.5 Å². The molecule has 2 heterocycles. The zero-order valence-corrected chi connectivity index (χ0v) is 23.4. The number of carbonyl (C=O) groups excluding carboxylic acids is 3. The minimum atomic E-state index is -0.615. The molecule has 0 unspecified atom stereocenters. The first-order chi connectivity index (χ1) is 18.0. The molecule has 204 valence electrons. The van der Waals surface area contributed by atoms with Gasteiger partial charge >= 0.3 is 6.09 Å². The predicted octanol–water partition coefficient (Wildman–Crippen LogP) is 5.34. The van der Waals surface area contributed by atoms with Crippen LogP contribution in [-0.4, -0.2) is 59.9 Å². The fourth-order valence-corrected chi connectivity index (χ4v) is 5.76. The summed E-state index contributed by atoms with van der Waals surface area (Å²) in [6, 6.07) is 16.3. The highest BCUT2D eigenvalue weighted by atomic mass is 35.5. The number of piperidine rings is 1. The van der Waals surface area contributed by atoms with E-state index < -0.39 is 12.1 Å². The van der Waals surface area contributed by atoms with Crippen LogP contribution < -0.4 is 10.1 Å². The molecule has 2 aliphatic heterocycles. The molecule has 1 N–H and O–H groups in total. The van der Waals surface area contributed by atoms with Crippen LogP contribution in [0.15, 0.2) is 54.6 Å². The second-order valence-electron chi connectivity index (χ2n) is 11.5. The van der Waals surface area contributed by atoms with E-state index >= 15 is 0 Å². The number of benzene rings is 2. The Balaban J connectivity index is 1.35. The molecule has 7 nitrogen and oxygen atoms in total. The van der Waals surface area contributed by atoms with Crippen LogP contribution in [0.1, 0.15) is 52.0 Å². The lowest BCUT2D eigenvalue weighted by atomic mass is 9.70. The fraction of sp³-hybridized carbons (Fsp3) is 0.500. The van der Waals surface area contributed by atoms with Crippen LogP contribution in [0.25, 0.3) is 0 Å². The summed E-state index contributed by atoms with van der Waals surface area (Å²) in [7, 11) is 0.